The normalized spacial score (nSPS) is 15.6. The fourth-order valence-electron chi connectivity index (χ4n) is 3.19. The lowest BCUT2D eigenvalue weighted by atomic mass is 10.1. The fourth-order valence-corrected chi connectivity index (χ4v) is 3.19. The van der Waals surface area contributed by atoms with Crippen molar-refractivity contribution in [2.75, 3.05) is 13.1 Å². The highest BCUT2D eigenvalue weighted by Gasteiger charge is 2.23. The number of halogens is 1. The van der Waals surface area contributed by atoms with Crippen LogP contribution < -0.4 is 5.32 Å². The van der Waals surface area contributed by atoms with Gasteiger partial charge in [0.1, 0.15) is 5.82 Å². The number of hydrogen-bond acceptors (Lipinski definition) is 6. The minimum absolute atomic E-state index is 0.276. The lowest BCUT2D eigenvalue weighted by Crippen LogP contribution is -2.30. The van der Waals surface area contributed by atoms with Crippen LogP contribution in [0.2, 0.25) is 0 Å². The van der Waals surface area contributed by atoms with Crippen molar-refractivity contribution in [3.05, 3.63) is 47.2 Å². The standard InChI is InChI=1S/C17H19FN6O/c1-11-16(21-23-24(11)14-5-7-19-8-6-14)17-20-15(22-25-17)10-12-3-2-4-13(18)9-12/h2-4,9,14,19H,5-8,10H2,1H3. The molecule has 4 rings (SSSR count). The van der Waals surface area contributed by atoms with E-state index in [0.29, 0.717) is 29.9 Å². The van der Waals surface area contributed by atoms with Crippen LogP contribution in [0.25, 0.3) is 11.6 Å². The molecule has 0 spiro atoms. The van der Waals surface area contributed by atoms with Crippen molar-refractivity contribution in [1.82, 2.24) is 30.5 Å². The highest BCUT2D eigenvalue weighted by molar-refractivity contribution is 5.49. The van der Waals surface area contributed by atoms with Crippen molar-refractivity contribution in [3.63, 3.8) is 0 Å². The summed E-state index contributed by atoms with van der Waals surface area (Å²) in [7, 11) is 0. The first kappa shape index (κ1) is 15.9. The van der Waals surface area contributed by atoms with Gasteiger partial charge < -0.3 is 9.84 Å². The molecular weight excluding hydrogens is 323 g/mol. The molecule has 1 saturated heterocycles. The molecule has 0 atom stereocenters. The van der Waals surface area contributed by atoms with Crippen LogP contribution in [0.3, 0.4) is 0 Å². The zero-order valence-electron chi connectivity index (χ0n) is 13.9. The minimum atomic E-state index is -0.276. The first-order chi connectivity index (χ1) is 12.2. The number of nitrogens with one attached hydrogen (secondary N) is 1. The zero-order chi connectivity index (χ0) is 17.2. The van der Waals surface area contributed by atoms with Gasteiger partial charge in [0.2, 0.25) is 0 Å². The number of hydrogen-bond donors (Lipinski definition) is 1. The lowest BCUT2D eigenvalue weighted by molar-refractivity contribution is 0.333. The SMILES string of the molecule is Cc1c(-c2nc(Cc3cccc(F)c3)no2)nnn1C1CCNCC1. The van der Waals surface area contributed by atoms with Gasteiger partial charge in [0.05, 0.1) is 11.7 Å². The molecule has 0 amide bonds. The molecule has 25 heavy (non-hydrogen) atoms. The summed E-state index contributed by atoms with van der Waals surface area (Å²) in [4.78, 5) is 4.40. The maximum absolute atomic E-state index is 13.3. The topological polar surface area (TPSA) is 81.7 Å². The fraction of sp³-hybridized carbons (Fsp3) is 0.412. The second kappa shape index (κ2) is 6.72. The van der Waals surface area contributed by atoms with E-state index < -0.39 is 0 Å². The van der Waals surface area contributed by atoms with Gasteiger partial charge in [-0.1, -0.05) is 22.5 Å². The second-order valence-electron chi connectivity index (χ2n) is 6.27. The summed E-state index contributed by atoms with van der Waals surface area (Å²) in [5, 5.41) is 15.8. The number of rotatable bonds is 4. The van der Waals surface area contributed by atoms with Crippen molar-refractivity contribution in [2.24, 2.45) is 0 Å². The summed E-state index contributed by atoms with van der Waals surface area (Å²) < 4.78 is 20.6. The summed E-state index contributed by atoms with van der Waals surface area (Å²) in [5.41, 5.74) is 2.33. The van der Waals surface area contributed by atoms with Gasteiger partial charge in [0.25, 0.3) is 5.89 Å². The lowest BCUT2D eigenvalue weighted by Gasteiger charge is -2.23. The number of nitrogens with zero attached hydrogens (tertiary/aromatic N) is 5. The molecule has 0 bridgehead atoms. The predicted molar refractivity (Wildman–Crippen MR) is 88.4 cm³/mol. The van der Waals surface area contributed by atoms with E-state index in [4.69, 9.17) is 4.52 Å². The molecule has 1 N–H and O–H groups in total. The van der Waals surface area contributed by atoms with Gasteiger partial charge in [0, 0.05) is 6.42 Å². The van der Waals surface area contributed by atoms with E-state index in [-0.39, 0.29) is 5.82 Å². The Morgan fingerprint density at radius 3 is 2.96 bits per heavy atom. The van der Waals surface area contributed by atoms with Crippen LogP contribution in [0.15, 0.2) is 28.8 Å². The van der Waals surface area contributed by atoms with Crippen LogP contribution in [0.1, 0.15) is 36.0 Å². The van der Waals surface area contributed by atoms with Gasteiger partial charge >= 0.3 is 0 Å². The molecule has 1 aliphatic heterocycles. The summed E-state index contributed by atoms with van der Waals surface area (Å²) in [6.45, 7) is 3.93. The summed E-state index contributed by atoms with van der Waals surface area (Å²) in [6.07, 6.45) is 2.46. The average molecular weight is 342 g/mol. The van der Waals surface area contributed by atoms with Crippen LogP contribution in [-0.2, 0) is 6.42 Å². The molecule has 0 saturated carbocycles. The van der Waals surface area contributed by atoms with Crippen molar-refractivity contribution >= 4 is 0 Å². The Morgan fingerprint density at radius 1 is 1.32 bits per heavy atom. The van der Waals surface area contributed by atoms with Gasteiger partial charge in [-0.05, 0) is 50.6 Å². The smallest absolute Gasteiger partial charge is 0.280 e. The van der Waals surface area contributed by atoms with E-state index in [1.54, 1.807) is 6.07 Å². The maximum atomic E-state index is 13.3. The molecule has 1 fully saturated rings. The molecule has 3 aromatic rings. The minimum Gasteiger partial charge on any atom is -0.332 e. The molecule has 1 aromatic carbocycles. The quantitative estimate of drug-likeness (QED) is 0.783. The Labute approximate surface area is 144 Å². The van der Waals surface area contributed by atoms with E-state index in [1.165, 1.54) is 12.1 Å². The van der Waals surface area contributed by atoms with Crippen molar-refractivity contribution in [3.8, 4) is 11.6 Å². The predicted octanol–water partition coefficient (Wildman–Crippen LogP) is 2.29. The van der Waals surface area contributed by atoms with E-state index in [9.17, 15) is 4.39 Å². The van der Waals surface area contributed by atoms with Gasteiger partial charge in [-0.2, -0.15) is 4.98 Å². The van der Waals surface area contributed by atoms with Crippen LogP contribution in [-0.4, -0.2) is 38.2 Å². The van der Waals surface area contributed by atoms with Crippen LogP contribution in [0.5, 0.6) is 0 Å². The van der Waals surface area contributed by atoms with Crippen molar-refractivity contribution in [1.29, 1.82) is 0 Å². The number of piperidine rings is 1. The molecule has 0 unspecified atom stereocenters. The molecule has 0 aliphatic carbocycles. The van der Waals surface area contributed by atoms with E-state index >= 15 is 0 Å². The Kier molecular flexibility index (Phi) is 4.27. The maximum Gasteiger partial charge on any atom is 0.280 e. The highest BCUT2D eigenvalue weighted by atomic mass is 19.1. The second-order valence-corrected chi connectivity index (χ2v) is 6.27. The highest BCUT2D eigenvalue weighted by Crippen LogP contribution is 2.25. The summed E-state index contributed by atoms with van der Waals surface area (Å²) >= 11 is 0. The van der Waals surface area contributed by atoms with Gasteiger partial charge in [-0.15, -0.1) is 5.10 Å². The van der Waals surface area contributed by atoms with E-state index in [0.717, 1.165) is 37.2 Å². The van der Waals surface area contributed by atoms with Gasteiger partial charge in [-0.3, -0.25) is 0 Å². The largest absolute Gasteiger partial charge is 0.332 e. The van der Waals surface area contributed by atoms with E-state index in [2.05, 4.69) is 25.8 Å². The summed E-state index contributed by atoms with van der Waals surface area (Å²) in [6, 6.07) is 6.72. The molecule has 0 radical (unpaired) electrons. The third-order valence-corrected chi connectivity index (χ3v) is 4.50. The molecule has 1 aliphatic rings. The third kappa shape index (κ3) is 3.30. The third-order valence-electron chi connectivity index (χ3n) is 4.50. The molecule has 130 valence electrons. The first-order valence-electron chi connectivity index (χ1n) is 8.40. The van der Waals surface area contributed by atoms with Crippen LogP contribution in [0.4, 0.5) is 4.39 Å². The Balaban J connectivity index is 1.55. The van der Waals surface area contributed by atoms with Crippen LogP contribution >= 0.6 is 0 Å². The summed E-state index contributed by atoms with van der Waals surface area (Å²) in [5.74, 6) is 0.572. The zero-order valence-corrected chi connectivity index (χ0v) is 13.9. The Morgan fingerprint density at radius 2 is 2.16 bits per heavy atom. The van der Waals surface area contributed by atoms with Gasteiger partial charge in [0.15, 0.2) is 11.5 Å². The monoisotopic (exact) mass is 342 g/mol. The Hall–Kier alpha value is -2.61. The Bertz CT molecular complexity index is 868. The van der Waals surface area contributed by atoms with Crippen LogP contribution in [0, 0.1) is 12.7 Å². The molecule has 8 heteroatoms. The molecule has 7 nitrogen and oxygen atoms in total. The van der Waals surface area contributed by atoms with E-state index in [1.807, 2.05) is 17.7 Å². The average Bonchev–Trinajstić information content (AvgIpc) is 3.22. The van der Waals surface area contributed by atoms with Crippen molar-refractivity contribution in [2.45, 2.75) is 32.2 Å². The first-order valence-corrected chi connectivity index (χ1v) is 8.40. The number of aromatic nitrogens is 5. The molecule has 2 aromatic heterocycles. The molecule has 3 heterocycles. The number of benzene rings is 1. The van der Waals surface area contributed by atoms with Crippen molar-refractivity contribution < 1.29 is 8.91 Å². The molecular formula is C17H19FN6O. The van der Waals surface area contributed by atoms with Gasteiger partial charge in [-0.25, -0.2) is 9.07 Å².